The summed E-state index contributed by atoms with van der Waals surface area (Å²) in [7, 11) is 2.58. The first-order valence-electron chi connectivity index (χ1n) is 22.8. The number of ether oxygens (including phenoxy) is 3. The molecule has 0 spiro atoms. The third kappa shape index (κ3) is 8.47. The average molecular weight is 896 g/mol. The number of alkyl carbamates (subject to hydrolysis) is 2. The molecule has 0 bridgehead atoms. The number of nitrogens with zero attached hydrogens (tertiary/aromatic N) is 4. The Morgan fingerprint density at radius 2 is 1.27 bits per heavy atom. The number of amides is 4. The van der Waals surface area contributed by atoms with Crippen LogP contribution in [-0.2, 0) is 25.5 Å². The van der Waals surface area contributed by atoms with Gasteiger partial charge in [-0.25, -0.2) is 19.6 Å². The molecule has 2 saturated heterocycles. The molecule has 66 heavy (non-hydrogen) atoms. The third-order valence-electron chi connectivity index (χ3n) is 13.2. The lowest BCUT2D eigenvalue weighted by Gasteiger charge is -2.30. The minimum atomic E-state index is -0.719. The number of likely N-dealkylation sites (tertiary alicyclic amines) is 2. The van der Waals surface area contributed by atoms with Gasteiger partial charge in [-0.15, -0.1) is 0 Å². The van der Waals surface area contributed by atoms with Gasteiger partial charge in [-0.3, -0.25) is 9.59 Å². The fourth-order valence-electron chi connectivity index (χ4n) is 9.80. The molecular weight excluding hydrogens is 839 g/mol. The number of H-pyrrole nitrogens is 3. The standard InChI is InChI=1S/C50H57N9O7/c1-27(2)42(56-49(62)64-5)47(60)58-20-10-14-37(58)45-51-25-35(54-45)30-17-19-34-33(23-30)41-40(22-29-12-8-7-9-13-29)66-39-24-31(16-18-32(39)44(41)53-34)36-26-52-46(55-36)38-15-11-21-59(38)48(61)43(28(3)4)57-50(63)65-6/h7-9,12-13,16-19,23-28,37-38,40,42-43,53H,10-11,14-15,20-22H2,1-6H3,(H,51,54)(H,52,55)(H,56,62)(H,57,63). The van der Waals surface area contributed by atoms with Crippen molar-refractivity contribution in [1.29, 1.82) is 0 Å². The van der Waals surface area contributed by atoms with Crippen molar-refractivity contribution in [2.24, 2.45) is 11.8 Å². The van der Waals surface area contributed by atoms with Crippen molar-refractivity contribution in [3.8, 4) is 39.5 Å². The van der Waals surface area contributed by atoms with Gasteiger partial charge in [0.1, 0.15) is 35.6 Å². The molecule has 3 aromatic carbocycles. The van der Waals surface area contributed by atoms with E-state index in [1.54, 1.807) is 6.20 Å². The number of hydrogen-bond acceptors (Lipinski definition) is 9. The number of nitrogens with one attached hydrogen (secondary N) is 5. The molecule has 4 amide bonds. The van der Waals surface area contributed by atoms with Gasteiger partial charge in [-0.1, -0.05) is 70.2 Å². The molecule has 16 nitrogen and oxygen atoms in total. The van der Waals surface area contributed by atoms with Crippen molar-refractivity contribution in [3.63, 3.8) is 0 Å². The number of carbonyl (C=O) groups is 4. The van der Waals surface area contributed by atoms with Crippen LogP contribution in [-0.4, -0.2) is 98.1 Å². The highest BCUT2D eigenvalue weighted by atomic mass is 16.5. The zero-order valence-corrected chi connectivity index (χ0v) is 38.1. The highest BCUT2D eigenvalue weighted by Gasteiger charge is 2.39. The van der Waals surface area contributed by atoms with Crippen LogP contribution >= 0.6 is 0 Å². The van der Waals surface area contributed by atoms with Gasteiger partial charge in [0.2, 0.25) is 11.8 Å². The van der Waals surface area contributed by atoms with E-state index < -0.39 is 24.3 Å². The van der Waals surface area contributed by atoms with Gasteiger partial charge in [-0.05, 0) is 67.3 Å². The summed E-state index contributed by atoms with van der Waals surface area (Å²) in [5, 5.41) is 6.48. The van der Waals surface area contributed by atoms with Crippen LogP contribution in [0.2, 0.25) is 0 Å². The SMILES string of the molecule is COC(=O)NC(C(=O)N1CCCC1c1ncc(-c2ccc3c(c2)OC(Cc2ccccc2)c2c-3[nH]c3ccc(-c4cnc(C5CCCN5C(=O)C(NC(=O)OC)C(C)C)[nH]4)cc23)[nH]1)C(C)C. The second-order valence-corrected chi connectivity index (χ2v) is 18.1. The smallest absolute Gasteiger partial charge is 0.407 e. The molecule has 2 fully saturated rings. The Morgan fingerprint density at radius 1 is 0.727 bits per heavy atom. The maximum Gasteiger partial charge on any atom is 0.407 e. The molecule has 0 radical (unpaired) electrons. The Kier molecular flexibility index (Phi) is 12.3. The van der Waals surface area contributed by atoms with Crippen LogP contribution in [0.25, 0.3) is 44.7 Å². The number of aromatic nitrogens is 5. The predicted octanol–water partition coefficient (Wildman–Crippen LogP) is 8.38. The monoisotopic (exact) mass is 895 g/mol. The maximum absolute atomic E-state index is 13.8. The van der Waals surface area contributed by atoms with E-state index in [1.165, 1.54) is 14.2 Å². The molecule has 3 aliphatic heterocycles. The van der Waals surface area contributed by atoms with E-state index in [9.17, 15) is 19.2 Å². The van der Waals surface area contributed by atoms with Crippen LogP contribution in [0.4, 0.5) is 9.59 Å². The molecule has 3 aromatic heterocycles. The van der Waals surface area contributed by atoms with Crippen molar-refractivity contribution >= 4 is 34.9 Å². The summed E-state index contributed by atoms with van der Waals surface area (Å²) >= 11 is 0. The molecule has 5 unspecified atom stereocenters. The first kappa shape index (κ1) is 44.1. The van der Waals surface area contributed by atoms with Crippen molar-refractivity contribution in [3.05, 3.63) is 102 Å². The van der Waals surface area contributed by atoms with Crippen LogP contribution < -0.4 is 15.4 Å². The Hall–Kier alpha value is -7.10. The van der Waals surface area contributed by atoms with E-state index in [0.717, 1.165) is 87.2 Å². The summed E-state index contributed by atoms with van der Waals surface area (Å²) in [4.78, 5) is 75.8. The first-order valence-corrected chi connectivity index (χ1v) is 22.8. The van der Waals surface area contributed by atoms with Crippen LogP contribution in [0.15, 0.2) is 79.1 Å². The number of aromatic amines is 3. The van der Waals surface area contributed by atoms with Gasteiger partial charge in [0.15, 0.2) is 0 Å². The van der Waals surface area contributed by atoms with E-state index in [1.807, 2.05) is 61.9 Å². The predicted molar refractivity (Wildman–Crippen MR) is 248 cm³/mol. The highest BCUT2D eigenvalue weighted by Crippen LogP contribution is 2.48. The fourth-order valence-corrected chi connectivity index (χ4v) is 9.80. The quantitative estimate of drug-likeness (QED) is 0.0801. The zero-order valence-electron chi connectivity index (χ0n) is 38.1. The van der Waals surface area contributed by atoms with Gasteiger partial charge in [-0.2, -0.15) is 0 Å². The molecule has 16 heteroatoms. The van der Waals surface area contributed by atoms with Gasteiger partial charge >= 0.3 is 12.2 Å². The Bertz CT molecular complexity index is 2760. The number of methoxy groups -OCH3 is 2. The second-order valence-electron chi connectivity index (χ2n) is 18.1. The van der Waals surface area contributed by atoms with E-state index >= 15 is 0 Å². The van der Waals surface area contributed by atoms with Crippen LogP contribution in [0, 0.1) is 11.8 Å². The summed E-state index contributed by atoms with van der Waals surface area (Å²) in [6, 6.07) is 20.9. The third-order valence-corrected chi connectivity index (χ3v) is 13.2. The summed E-state index contributed by atoms with van der Waals surface area (Å²) < 4.78 is 16.6. The minimum absolute atomic E-state index is 0.131. The molecular formula is C50H57N9O7. The number of imidazole rings is 2. The average Bonchev–Trinajstić information content (AvgIpc) is 4.18. The molecule has 5 N–H and O–H groups in total. The summed E-state index contributed by atoms with van der Waals surface area (Å²) in [5.74, 6) is 1.56. The topological polar surface area (TPSA) is 200 Å². The molecule has 5 atom stereocenters. The van der Waals surface area contributed by atoms with E-state index in [2.05, 4.69) is 74.1 Å². The summed E-state index contributed by atoms with van der Waals surface area (Å²) in [6.07, 6.45) is 5.83. The number of hydrogen-bond donors (Lipinski definition) is 5. The van der Waals surface area contributed by atoms with Gasteiger partial charge < -0.3 is 49.6 Å². The maximum atomic E-state index is 13.8. The Balaban J connectivity index is 1.01. The van der Waals surface area contributed by atoms with E-state index in [0.29, 0.717) is 31.2 Å². The largest absolute Gasteiger partial charge is 0.485 e. The summed E-state index contributed by atoms with van der Waals surface area (Å²) in [5.41, 5.74) is 8.60. The fraction of sp³-hybridized carbons (Fsp3) is 0.400. The molecule has 6 heterocycles. The number of benzene rings is 3. The minimum Gasteiger partial charge on any atom is -0.485 e. The van der Waals surface area contributed by atoms with Gasteiger partial charge in [0.25, 0.3) is 0 Å². The van der Waals surface area contributed by atoms with Crippen LogP contribution in [0.3, 0.4) is 0 Å². The van der Waals surface area contributed by atoms with Crippen molar-refractivity contribution in [2.75, 3.05) is 27.3 Å². The Morgan fingerprint density at radius 3 is 1.82 bits per heavy atom. The number of rotatable bonds is 12. The number of fused-ring (bicyclic) bond motifs is 5. The molecule has 344 valence electrons. The van der Waals surface area contributed by atoms with Crippen molar-refractivity contribution < 1.29 is 33.4 Å². The van der Waals surface area contributed by atoms with Crippen molar-refractivity contribution in [2.45, 2.75) is 90.1 Å². The van der Waals surface area contributed by atoms with Crippen LogP contribution in [0.5, 0.6) is 5.75 Å². The molecule has 0 saturated carbocycles. The van der Waals surface area contributed by atoms with Gasteiger partial charge in [0.05, 0.1) is 55.8 Å². The normalized spacial score (nSPS) is 18.8. The van der Waals surface area contributed by atoms with Gasteiger partial charge in [0, 0.05) is 52.7 Å². The first-order chi connectivity index (χ1) is 31.9. The van der Waals surface area contributed by atoms with E-state index in [4.69, 9.17) is 24.2 Å². The lowest BCUT2D eigenvalue weighted by molar-refractivity contribution is -0.136. The second kappa shape index (κ2) is 18.4. The molecule has 3 aliphatic rings. The Labute approximate surface area is 383 Å². The lowest BCUT2D eigenvalue weighted by atomic mass is 9.92. The molecule has 9 rings (SSSR count). The number of carbonyl (C=O) groups excluding carboxylic acids is 4. The summed E-state index contributed by atoms with van der Waals surface area (Å²) in [6.45, 7) is 8.75. The van der Waals surface area contributed by atoms with E-state index in [-0.39, 0.29) is 41.8 Å². The zero-order chi connectivity index (χ0) is 46.2. The lowest BCUT2D eigenvalue weighted by Crippen LogP contribution is -2.51. The van der Waals surface area contributed by atoms with Crippen LogP contribution in [0.1, 0.15) is 94.3 Å². The highest BCUT2D eigenvalue weighted by molar-refractivity contribution is 5.96. The van der Waals surface area contributed by atoms with Crippen molar-refractivity contribution in [1.82, 2.24) is 45.4 Å². The molecule has 0 aliphatic carbocycles. The molecule has 6 aromatic rings.